The number of rotatable bonds is 72. The van der Waals surface area contributed by atoms with Crippen molar-refractivity contribution in [2.75, 3.05) is 39.6 Å². The molecule has 0 spiro atoms. The van der Waals surface area contributed by atoms with Crippen molar-refractivity contribution < 1.29 is 75.8 Å². The molecule has 16 nitrogen and oxygen atoms in total. The Morgan fingerprint density at radius 2 is 0.535 bits per heavy atom. The molecular formula is C81H138O16P2. The van der Waals surface area contributed by atoms with Gasteiger partial charge in [0.15, 0.2) is 6.10 Å². The summed E-state index contributed by atoms with van der Waals surface area (Å²) in [5.41, 5.74) is 0. The van der Waals surface area contributed by atoms with Crippen LogP contribution >= 0.6 is 15.6 Å². The predicted molar refractivity (Wildman–Crippen MR) is 408 cm³/mol. The third-order valence-electron chi connectivity index (χ3n) is 15.9. The zero-order chi connectivity index (χ0) is 72.3. The van der Waals surface area contributed by atoms with E-state index in [1.54, 1.807) is 0 Å². The average molecular weight is 1430 g/mol. The second-order valence-electron chi connectivity index (χ2n) is 25.4. The van der Waals surface area contributed by atoms with Gasteiger partial charge in [-0.2, -0.15) is 0 Å². The van der Waals surface area contributed by atoms with E-state index in [1.165, 1.54) is 70.6 Å². The fourth-order valence-electron chi connectivity index (χ4n) is 10.1. The van der Waals surface area contributed by atoms with Crippen molar-refractivity contribution in [1.82, 2.24) is 0 Å². The number of allylic oxidation sites excluding steroid dienone is 22. The zero-order valence-corrected chi connectivity index (χ0v) is 63.7. The lowest BCUT2D eigenvalue weighted by atomic mass is 10.0. The molecule has 568 valence electrons. The van der Waals surface area contributed by atoms with E-state index >= 15 is 0 Å². The van der Waals surface area contributed by atoms with Gasteiger partial charge < -0.3 is 34.2 Å². The van der Waals surface area contributed by atoms with Crippen molar-refractivity contribution in [3.8, 4) is 0 Å². The second kappa shape index (κ2) is 73.4. The number of hydrogen-bond acceptors (Lipinski definition) is 14. The lowest BCUT2D eigenvalue weighted by molar-refractivity contribution is -0.161. The van der Waals surface area contributed by atoms with Gasteiger partial charge in [0.2, 0.25) is 0 Å². The number of carbonyl (C=O) groups is 3. The minimum atomic E-state index is -4.93. The van der Waals surface area contributed by atoms with Crippen LogP contribution < -0.4 is 0 Å². The molecule has 4 N–H and O–H groups in total. The Labute approximate surface area is 601 Å². The van der Waals surface area contributed by atoms with Gasteiger partial charge in [-0.1, -0.05) is 302 Å². The Hall–Kier alpha value is -4.31. The first-order chi connectivity index (χ1) is 48.2. The Bertz CT molecular complexity index is 2330. The highest BCUT2D eigenvalue weighted by Gasteiger charge is 2.29. The second-order valence-corrected chi connectivity index (χ2v) is 28.3. The van der Waals surface area contributed by atoms with Gasteiger partial charge in [0, 0.05) is 19.3 Å². The lowest BCUT2D eigenvalue weighted by Crippen LogP contribution is -2.30. The summed E-state index contributed by atoms with van der Waals surface area (Å²) in [5, 5.41) is 20.6. The summed E-state index contributed by atoms with van der Waals surface area (Å²) >= 11 is 0. The summed E-state index contributed by atoms with van der Waals surface area (Å²) in [4.78, 5) is 58.6. The van der Waals surface area contributed by atoms with Crippen molar-refractivity contribution in [2.24, 2.45) is 0 Å². The molecule has 0 aliphatic carbocycles. The van der Waals surface area contributed by atoms with E-state index in [0.717, 1.165) is 173 Å². The molecule has 0 aromatic carbocycles. The molecule has 5 atom stereocenters. The van der Waals surface area contributed by atoms with Gasteiger partial charge in [-0.25, -0.2) is 9.13 Å². The summed E-state index contributed by atoms with van der Waals surface area (Å²) in [7, 11) is -9.79. The van der Waals surface area contributed by atoms with E-state index in [-0.39, 0.29) is 19.3 Å². The van der Waals surface area contributed by atoms with E-state index < -0.39 is 91.5 Å². The van der Waals surface area contributed by atoms with E-state index in [1.807, 2.05) is 0 Å². The van der Waals surface area contributed by atoms with Crippen molar-refractivity contribution in [3.05, 3.63) is 134 Å². The van der Waals surface area contributed by atoms with Gasteiger partial charge >= 0.3 is 33.6 Å². The Morgan fingerprint density at radius 3 is 0.848 bits per heavy atom. The fourth-order valence-corrected chi connectivity index (χ4v) is 11.7. The highest BCUT2D eigenvalue weighted by molar-refractivity contribution is 7.47. The van der Waals surface area contributed by atoms with Gasteiger partial charge in [0.05, 0.1) is 26.4 Å². The summed E-state index contributed by atoms with van der Waals surface area (Å²) in [6, 6.07) is 0. The van der Waals surface area contributed by atoms with Crippen LogP contribution in [0.3, 0.4) is 0 Å². The summed E-state index contributed by atoms with van der Waals surface area (Å²) < 4.78 is 61.1. The van der Waals surface area contributed by atoms with E-state index in [9.17, 15) is 43.5 Å². The molecule has 0 aromatic heterocycles. The Kier molecular flexibility index (Phi) is 70.2. The minimum absolute atomic E-state index is 0.102. The molecular weight excluding hydrogens is 1290 g/mol. The van der Waals surface area contributed by atoms with Crippen LogP contribution in [0.15, 0.2) is 134 Å². The maximum atomic E-state index is 12.9. The van der Waals surface area contributed by atoms with Crippen molar-refractivity contribution >= 4 is 33.6 Å². The van der Waals surface area contributed by atoms with Crippen molar-refractivity contribution in [3.63, 3.8) is 0 Å². The van der Waals surface area contributed by atoms with Crippen LogP contribution in [-0.2, 0) is 55.8 Å². The molecule has 0 amide bonds. The van der Waals surface area contributed by atoms with Crippen molar-refractivity contribution in [1.29, 1.82) is 0 Å². The number of aliphatic hydroxyl groups is 2. The molecule has 0 aliphatic rings. The topological polar surface area (TPSA) is 231 Å². The monoisotopic (exact) mass is 1430 g/mol. The third kappa shape index (κ3) is 74.7. The molecule has 0 heterocycles. The molecule has 18 heteroatoms. The van der Waals surface area contributed by atoms with Gasteiger partial charge in [-0.15, -0.1) is 0 Å². The van der Waals surface area contributed by atoms with Crippen LogP contribution in [0.4, 0.5) is 0 Å². The molecule has 99 heavy (non-hydrogen) atoms. The van der Waals surface area contributed by atoms with Crippen LogP contribution in [-0.4, -0.2) is 95.9 Å². The third-order valence-corrected chi connectivity index (χ3v) is 17.8. The highest BCUT2D eigenvalue weighted by Crippen LogP contribution is 2.45. The normalized spacial score (nSPS) is 14.8. The minimum Gasteiger partial charge on any atom is -0.463 e. The van der Waals surface area contributed by atoms with Crippen LogP contribution in [0.2, 0.25) is 0 Å². The summed E-state index contributed by atoms with van der Waals surface area (Å²) in [6.07, 6.45) is 87.8. The van der Waals surface area contributed by atoms with E-state index in [2.05, 4.69) is 154 Å². The lowest BCUT2D eigenvalue weighted by Gasteiger charge is -2.21. The quantitative estimate of drug-likeness (QED) is 0.0146. The number of ether oxygens (including phenoxy) is 3. The summed E-state index contributed by atoms with van der Waals surface area (Å²) in [6.45, 7) is 2.44. The molecule has 0 radical (unpaired) electrons. The van der Waals surface area contributed by atoms with Crippen LogP contribution in [0.25, 0.3) is 0 Å². The average Bonchev–Trinajstić information content (AvgIpc) is 1.04. The Morgan fingerprint density at radius 1 is 0.293 bits per heavy atom. The summed E-state index contributed by atoms with van der Waals surface area (Å²) in [5.74, 6) is -1.59. The smallest absolute Gasteiger partial charge is 0.463 e. The number of esters is 3. The number of hydrogen-bond donors (Lipinski definition) is 4. The molecule has 0 aliphatic heterocycles. The first-order valence-corrected chi connectivity index (χ1v) is 41.5. The number of phosphoric acid groups is 2. The van der Waals surface area contributed by atoms with Crippen LogP contribution in [0.5, 0.6) is 0 Å². The number of unbranched alkanes of at least 4 members (excludes halogenated alkanes) is 27. The van der Waals surface area contributed by atoms with Gasteiger partial charge in [0.25, 0.3) is 0 Å². The molecule has 0 fully saturated rings. The predicted octanol–water partition coefficient (Wildman–Crippen LogP) is 22.3. The van der Waals surface area contributed by atoms with Gasteiger partial charge in [-0.05, 0) is 116 Å². The van der Waals surface area contributed by atoms with Crippen LogP contribution in [0.1, 0.15) is 303 Å². The first-order valence-electron chi connectivity index (χ1n) is 38.5. The molecule has 0 saturated carbocycles. The largest absolute Gasteiger partial charge is 0.472 e. The van der Waals surface area contributed by atoms with E-state index in [0.29, 0.717) is 19.3 Å². The number of phosphoric ester groups is 2. The fraction of sp³-hybridized carbons (Fsp3) is 0.691. The molecule has 5 unspecified atom stereocenters. The molecule has 0 bridgehead atoms. The van der Waals surface area contributed by atoms with E-state index in [4.69, 9.17) is 32.3 Å². The van der Waals surface area contributed by atoms with Gasteiger partial charge in [0.1, 0.15) is 25.4 Å². The number of carbonyl (C=O) groups excluding carboxylic acids is 3. The van der Waals surface area contributed by atoms with Crippen LogP contribution in [0, 0.1) is 0 Å². The zero-order valence-electron chi connectivity index (χ0n) is 61.9. The number of aliphatic hydroxyl groups excluding tert-OH is 2. The molecule has 0 rings (SSSR count). The first kappa shape index (κ1) is 94.7. The molecule has 0 saturated heterocycles. The maximum absolute atomic E-state index is 12.9. The maximum Gasteiger partial charge on any atom is 0.472 e. The standard InChI is InChI=1S/C81H138O16P2/c1-4-7-10-13-16-19-22-25-27-29-31-33-35-36-37-38-40-42-43-45-47-50-52-55-58-61-64-67-79(84)91-70-76(82)71-93-98(87,88)94-72-77(83)73-95-99(89,90)96-75-78(97-81(86)69-66-63-60-57-54-49-24-21-18-15-12-9-6-3)74-92-80(85)68-65-62-59-56-53-51-48-46-44-41-39-34-32-30-28-26-23-20-17-14-11-8-5-2/h7-8,10-11,16-17,19-20,25-28,31-34,36-37,40-42,44,76-78,82-83H,4-6,9,12-15,18,21-24,29-30,35,38-39,43,45-75H2,1-3H3,(H,87,88)(H,89,90)/b10-7-,11-8-,19-16-,20-17-,27-25-,28-26-,33-31-,34-32-,37-36-,42-40-,44-41-. The van der Waals surface area contributed by atoms with Crippen molar-refractivity contribution in [2.45, 2.75) is 322 Å². The molecule has 0 aromatic rings. The van der Waals surface area contributed by atoms with Gasteiger partial charge in [-0.3, -0.25) is 32.5 Å². The Balaban J connectivity index is 4.56. The highest BCUT2D eigenvalue weighted by atomic mass is 31.2. The SMILES string of the molecule is CC/C=C\C/C=C\C/C=C\C/C=C\C/C=C\C/C=C\CCCCCCCCCCC(=O)OCC(O)COP(=O)(O)OCC(O)COP(=O)(O)OCC(COC(=O)CCCCCCCCC/C=C\C/C=C\C/C=C\C/C=C\C/C=C\CC)OC(=O)CCCCCCCCCCCCCCC.